The Labute approximate surface area is 162 Å². The van der Waals surface area contributed by atoms with Crippen molar-refractivity contribution in [3.63, 3.8) is 0 Å². The minimum atomic E-state index is 0.744. The zero-order valence-corrected chi connectivity index (χ0v) is 16.3. The molecule has 0 saturated carbocycles. The van der Waals surface area contributed by atoms with Crippen LogP contribution in [0.4, 0.5) is 0 Å². The molecule has 142 valence electrons. The fraction of sp³-hybridized carbons (Fsp3) is 0.435. The van der Waals surface area contributed by atoms with E-state index in [9.17, 15) is 0 Å². The number of rotatable bonds is 7. The van der Waals surface area contributed by atoms with E-state index in [0.717, 1.165) is 36.8 Å². The Morgan fingerprint density at radius 3 is 2.85 bits per heavy atom. The third-order valence-electron chi connectivity index (χ3n) is 5.72. The van der Waals surface area contributed by atoms with Gasteiger partial charge in [0.15, 0.2) is 0 Å². The first kappa shape index (κ1) is 18.2. The molecule has 1 aromatic carbocycles. The number of likely N-dealkylation sites (tertiary alicyclic amines) is 1. The lowest BCUT2D eigenvalue weighted by atomic mass is 9.97. The Morgan fingerprint density at radius 2 is 1.96 bits per heavy atom. The van der Waals surface area contributed by atoms with Gasteiger partial charge in [0.2, 0.25) is 0 Å². The molecule has 0 amide bonds. The Hall–Kier alpha value is -2.17. The van der Waals surface area contributed by atoms with Crippen molar-refractivity contribution in [1.82, 2.24) is 19.6 Å². The third kappa shape index (κ3) is 4.57. The molecule has 0 aliphatic carbocycles. The summed E-state index contributed by atoms with van der Waals surface area (Å²) in [5.74, 6) is 0.744. The maximum Gasteiger partial charge on any atom is 0.137 e. The number of piperidine rings is 1. The van der Waals surface area contributed by atoms with Crippen LogP contribution in [0.3, 0.4) is 0 Å². The topological polar surface area (TPSA) is 32.6 Å². The summed E-state index contributed by atoms with van der Waals surface area (Å²) in [4.78, 5) is 7.30. The lowest BCUT2D eigenvalue weighted by Crippen LogP contribution is -2.40. The molecule has 1 aliphatic rings. The molecule has 1 N–H and O–H groups in total. The molecular formula is C23H30N4. The van der Waals surface area contributed by atoms with Crippen LogP contribution in [0.15, 0.2) is 54.7 Å². The summed E-state index contributed by atoms with van der Waals surface area (Å²) < 4.78 is 2.20. The summed E-state index contributed by atoms with van der Waals surface area (Å²) in [7, 11) is 0. The van der Waals surface area contributed by atoms with E-state index in [1.54, 1.807) is 0 Å². The lowest BCUT2D eigenvalue weighted by molar-refractivity contribution is 0.174. The summed E-state index contributed by atoms with van der Waals surface area (Å²) in [5, 5.41) is 3.70. The van der Waals surface area contributed by atoms with E-state index in [0.29, 0.717) is 0 Å². The van der Waals surface area contributed by atoms with E-state index in [1.165, 1.54) is 43.7 Å². The largest absolute Gasteiger partial charge is 0.311 e. The number of hydrogen-bond acceptors (Lipinski definition) is 3. The highest BCUT2D eigenvalue weighted by molar-refractivity contribution is 5.42. The number of pyridine rings is 1. The van der Waals surface area contributed by atoms with Gasteiger partial charge in [0.05, 0.1) is 11.4 Å². The van der Waals surface area contributed by atoms with Gasteiger partial charge in [-0.3, -0.25) is 0 Å². The maximum absolute atomic E-state index is 4.66. The van der Waals surface area contributed by atoms with E-state index in [1.807, 2.05) is 6.07 Å². The van der Waals surface area contributed by atoms with Gasteiger partial charge in [-0.1, -0.05) is 36.4 Å². The third-order valence-corrected chi connectivity index (χ3v) is 5.72. The predicted molar refractivity (Wildman–Crippen MR) is 111 cm³/mol. The SMILES string of the molecule is Cc1nc2ccccn2c1CNCC1CCCN(CCc2ccccc2)C1. The molecule has 4 nitrogen and oxygen atoms in total. The first-order chi connectivity index (χ1) is 13.3. The first-order valence-corrected chi connectivity index (χ1v) is 10.2. The van der Waals surface area contributed by atoms with Crippen LogP contribution in [-0.4, -0.2) is 40.5 Å². The second-order valence-corrected chi connectivity index (χ2v) is 7.75. The molecule has 2 aromatic heterocycles. The van der Waals surface area contributed by atoms with Gasteiger partial charge in [-0.15, -0.1) is 0 Å². The van der Waals surface area contributed by atoms with Crippen LogP contribution in [-0.2, 0) is 13.0 Å². The molecule has 4 heteroatoms. The number of nitrogens with one attached hydrogen (secondary N) is 1. The number of fused-ring (bicyclic) bond motifs is 1. The Morgan fingerprint density at radius 1 is 1.11 bits per heavy atom. The number of benzene rings is 1. The van der Waals surface area contributed by atoms with Gasteiger partial charge >= 0.3 is 0 Å². The summed E-state index contributed by atoms with van der Waals surface area (Å²) in [5.41, 5.74) is 4.89. The van der Waals surface area contributed by atoms with Crippen molar-refractivity contribution in [1.29, 1.82) is 0 Å². The number of nitrogens with zero attached hydrogens (tertiary/aromatic N) is 3. The summed E-state index contributed by atoms with van der Waals surface area (Å²) in [6, 6.07) is 17.0. The highest BCUT2D eigenvalue weighted by atomic mass is 15.1. The molecule has 0 radical (unpaired) electrons. The summed E-state index contributed by atoms with van der Waals surface area (Å²) in [6.45, 7) is 7.71. The average Bonchev–Trinajstić information content (AvgIpc) is 3.03. The van der Waals surface area contributed by atoms with E-state index in [2.05, 4.69) is 75.2 Å². The molecule has 1 atom stereocenters. The zero-order valence-electron chi connectivity index (χ0n) is 16.3. The molecule has 1 aliphatic heterocycles. The van der Waals surface area contributed by atoms with Crippen LogP contribution in [0.25, 0.3) is 5.65 Å². The number of hydrogen-bond donors (Lipinski definition) is 1. The molecule has 3 aromatic rings. The van der Waals surface area contributed by atoms with Gasteiger partial charge in [-0.05, 0) is 62.9 Å². The molecule has 1 saturated heterocycles. The second kappa shape index (κ2) is 8.68. The lowest BCUT2D eigenvalue weighted by Gasteiger charge is -2.33. The van der Waals surface area contributed by atoms with Gasteiger partial charge in [-0.25, -0.2) is 4.98 Å². The Kier molecular flexibility index (Phi) is 5.85. The summed E-state index contributed by atoms with van der Waals surface area (Å²) in [6.07, 6.45) is 5.91. The molecule has 1 unspecified atom stereocenters. The molecule has 0 spiro atoms. The number of aryl methyl sites for hydroxylation is 1. The van der Waals surface area contributed by atoms with Crippen molar-refractivity contribution in [2.45, 2.75) is 32.7 Å². The van der Waals surface area contributed by atoms with Crippen molar-refractivity contribution in [3.05, 3.63) is 71.7 Å². The van der Waals surface area contributed by atoms with E-state index in [4.69, 9.17) is 0 Å². The Balaban J connectivity index is 1.26. The van der Waals surface area contributed by atoms with Crippen molar-refractivity contribution in [3.8, 4) is 0 Å². The number of imidazole rings is 1. The van der Waals surface area contributed by atoms with Crippen molar-refractivity contribution < 1.29 is 0 Å². The molecular weight excluding hydrogens is 332 g/mol. The van der Waals surface area contributed by atoms with Crippen molar-refractivity contribution >= 4 is 5.65 Å². The highest BCUT2D eigenvalue weighted by Gasteiger charge is 2.19. The minimum absolute atomic E-state index is 0.744. The van der Waals surface area contributed by atoms with Crippen LogP contribution in [0.1, 0.15) is 29.8 Å². The van der Waals surface area contributed by atoms with Crippen LogP contribution in [0.2, 0.25) is 0 Å². The van der Waals surface area contributed by atoms with Gasteiger partial charge in [0, 0.05) is 25.8 Å². The maximum atomic E-state index is 4.66. The quantitative estimate of drug-likeness (QED) is 0.696. The van der Waals surface area contributed by atoms with Crippen molar-refractivity contribution in [2.24, 2.45) is 5.92 Å². The Bertz CT molecular complexity index is 855. The highest BCUT2D eigenvalue weighted by Crippen LogP contribution is 2.17. The van der Waals surface area contributed by atoms with Gasteiger partial charge in [0.25, 0.3) is 0 Å². The summed E-state index contributed by atoms with van der Waals surface area (Å²) >= 11 is 0. The van der Waals surface area contributed by atoms with Crippen LogP contribution < -0.4 is 5.32 Å². The van der Waals surface area contributed by atoms with Gasteiger partial charge in [-0.2, -0.15) is 0 Å². The van der Waals surface area contributed by atoms with Crippen LogP contribution >= 0.6 is 0 Å². The predicted octanol–water partition coefficient (Wildman–Crippen LogP) is 3.69. The molecule has 4 rings (SSSR count). The molecule has 27 heavy (non-hydrogen) atoms. The van der Waals surface area contributed by atoms with E-state index >= 15 is 0 Å². The normalized spacial score (nSPS) is 18.2. The standard InChI is InChI=1S/C23H30N4/c1-19-22(27-14-6-5-11-23(27)25-19)17-24-16-21-10-7-13-26(18-21)15-12-20-8-3-2-4-9-20/h2-6,8-9,11,14,21,24H,7,10,12-13,15-18H2,1H3. The average molecular weight is 363 g/mol. The van der Waals surface area contributed by atoms with Gasteiger partial charge in [0.1, 0.15) is 5.65 Å². The zero-order chi connectivity index (χ0) is 18.5. The van der Waals surface area contributed by atoms with Crippen LogP contribution in [0.5, 0.6) is 0 Å². The van der Waals surface area contributed by atoms with E-state index in [-0.39, 0.29) is 0 Å². The minimum Gasteiger partial charge on any atom is -0.311 e. The molecule has 0 bridgehead atoms. The first-order valence-electron chi connectivity index (χ1n) is 10.2. The molecule has 3 heterocycles. The monoisotopic (exact) mass is 362 g/mol. The number of aromatic nitrogens is 2. The smallest absolute Gasteiger partial charge is 0.137 e. The van der Waals surface area contributed by atoms with Gasteiger partial charge < -0.3 is 14.6 Å². The second-order valence-electron chi connectivity index (χ2n) is 7.75. The fourth-order valence-electron chi connectivity index (χ4n) is 4.22. The fourth-order valence-corrected chi connectivity index (χ4v) is 4.22. The molecule has 1 fully saturated rings. The van der Waals surface area contributed by atoms with E-state index < -0.39 is 0 Å². The van der Waals surface area contributed by atoms with Crippen LogP contribution in [0, 0.1) is 12.8 Å². The van der Waals surface area contributed by atoms with Crippen molar-refractivity contribution in [2.75, 3.05) is 26.2 Å².